The smallest absolute Gasteiger partial charge is 0.229 e. The van der Waals surface area contributed by atoms with Crippen LogP contribution in [-0.4, -0.2) is 29.2 Å². The lowest BCUT2D eigenvalue weighted by molar-refractivity contribution is 0.244. The Bertz CT molecular complexity index is 907. The highest BCUT2D eigenvalue weighted by Crippen LogP contribution is 2.28. The lowest BCUT2D eigenvalue weighted by Crippen LogP contribution is -2.21. The van der Waals surface area contributed by atoms with Gasteiger partial charge in [-0.3, -0.25) is 0 Å². The van der Waals surface area contributed by atoms with E-state index in [0.717, 1.165) is 30.2 Å². The number of nitrogens with one attached hydrogen (secondary N) is 2. The second-order valence-electron chi connectivity index (χ2n) is 6.90. The van der Waals surface area contributed by atoms with Gasteiger partial charge in [-0.1, -0.05) is 12.1 Å². The molecule has 2 N–H and O–H groups in total. The summed E-state index contributed by atoms with van der Waals surface area (Å²) in [6, 6.07) is 18.0. The molecule has 152 valence electrons. The van der Waals surface area contributed by atoms with Gasteiger partial charge in [0.2, 0.25) is 5.95 Å². The highest BCUT2D eigenvalue weighted by atomic mass is 16.5. The van der Waals surface area contributed by atoms with Crippen molar-refractivity contribution in [3.63, 3.8) is 0 Å². The molecule has 6 nitrogen and oxygen atoms in total. The fourth-order valence-corrected chi connectivity index (χ4v) is 3.03. The number of rotatable bonds is 9. The molecule has 1 heterocycles. The van der Waals surface area contributed by atoms with Gasteiger partial charge in [0.05, 0.1) is 11.8 Å². The Kier molecular flexibility index (Phi) is 6.89. The van der Waals surface area contributed by atoms with Gasteiger partial charge in [-0.05, 0) is 70.2 Å². The summed E-state index contributed by atoms with van der Waals surface area (Å²) >= 11 is 0. The van der Waals surface area contributed by atoms with Gasteiger partial charge in [0.15, 0.2) is 0 Å². The quantitative estimate of drug-likeness (QED) is 0.495. The van der Waals surface area contributed by atoms with Gasteiger partial charge in [-0.25, -0.2) is 4.98 Å². The standard InChI is InChI=1S/C23H29N5O/c1-5-28(6-2)19-13-11-18(12-14-19)25-23-24-16-15-22(27-23)26-20-9-7-8-10-21(20)29-17(3)4/h7-17H,5-6H2,1-4H3,(H2,24,25,26,27). The Balaban J connectivity index is 1.72. The SMILES string of the molecule is CCN(CC)c1ccc(Nc2nccc(Nc3ccccc3OC(C)C)n2)cc1. The lowest BCUT2D eigenvalue weighted by atomic mass is 10.2. The van der Waals surface area contributed by atoms with Crippen molar-refractivity contribution in [1.29, 1.82) is 0 Å². The minimum Gasteiger partial charge on any atom is -0.489 e. The van der Waals surface area contributed by atoms with E-state index in [0.29, 0.717) is 11.8 Å². The number of anilines is 5. The second-order valence-corrected chi connectivity index (χ2v) is 6.90. The fourth-order valence-electron chi connectivity index (χ4n) is 3.03. The zero-order valence-electron chi connectivity index (χ0n) is 17.5. The van der Waals surface area contributed by atoms with Crippen molar-refractivity contribution in [2.75, 3.05) is 28.6 Å². The van der Waals surface area contributed by atoms with Crippen LogP contribution in [0.3, 0.4) is 0 Å². The van der Waals surface area contributed by atoms with Gasteiger partial charge in [0.1, 0.15) is 11.6 Å². The topological polar surface area (TPSA) is 62.3 Å². The minimum atomic E-state index is 0.0971. The molecule has 3 aromatic rings. The highest BCUT2D eigenvalue weighted by molar-refractivity contribution is 5.65. The first-order valence-corrected chi connectivity index (χ1v) is 10.1. The van der Waals surface area contributed by atoms with Crippen molar-refractivity contribution >= 4 is 28.8 Å². The molecule has 1 aromatic heterocycles. The van der Waals surface area contributed by atoms with E-state index in [1.54, 1.807) is 6.20 Å². The van der Waals surface area contributed by atoms with E-state index < -0.39 is 0 Å². The third-order valence-corrected chi connectivity index (χ3v) is 4.42. The van der Waals surface area contributed by atoms with E-state index in [1.807, 2.05) is 56.3 Å². The number of ether oxygens (including phenoxy) is 1. The van der Waals surface area contributed by atoms with E-state index in [-0.39, 0.29) is 6.10 Å². The average Bonchev–Trinajstić information content (AvgIpc) is 2.72. The molecular formula is C23H29N5O. The molecule has 0 atom stereocenters. The van der Waals surface area contributed by atoms with Crippen LogP contribution in [0, 0.1) is 0 Å². The number of hydrogen-bond acceptors (Lipinski definition) is 6. The number of benzene rings is 2. The van der Waals surface area contributed by atoms with E-state index in [4.69, 9.17) is 4.74 Å². The van der Waals surface area contributed by atoms with Gasteiger partial charge in [0, 0.05) is 30.7 Å². The number of para-hydroxylation sites is 2. The van der Waals surface area contributed by atoms with Crippen LogP contribution in [0.2, 0.25) is 0 Å². The number of nitrogens with zero attached hydrogens (tertiary/aromatic N) is 3. The molecule has 0 aliphatic rings. The van der Waals surface area contributed by atoms with E-state index >= 15 is 0 Å². The predicted octanol–water partition coefficient (Wildman–Crippen LogP) is 5.60. The summed E-state index contributed by atoms with van der Waals surface area (Å²) in [6.45, 7) is 10.3. The highest BCUT2D eigenvalue weighted by Gasteiger charge is 2.07. The third kappa shape index (κ3) is 5.60. The summed E-state index contributed by atoms with van der Waals surface area (Å²) in [6.07, 6.45) is 1.83. The molecule has 0 saturated heterocycles. The molecule has 0 unspecified atom stereocenters. The first-order valence-electron chi connectivity index (χ1n) is 10.1. The van der Waals surface area contributed by atoms with E-state index in [2.05, 4.69) is 51.5 Å². The van der Waals surface area contributed by atoms with Gasteiger partial charge >= 0.3 is 0 Å². The van der Waals surface area contributed by atoms with Crippen LogP contribution in [0.15, 0.2) is 60.8 Å². The van der Waals surface area contributed by atoms with Crippen LogP contribution in [-0.2, 0) is 0 Å². The van der Waals surface area contributed by atoms with Crippen molar-refractivity contribution in [2.45, 2.75) is 33.8 Å². The fraction of sp³-hybridized carbons (Fsp3) is 0.304. The molecule has 2 aromatic carbocycles. The van der Waals surface area contributed by atoms with E-state index in [1.165, 1.54) is 5.69 Å². The third-order valence-electron chi connectivity index (χ3n) is 4.42. The van der Waals surface area contributed by atoms with Crippen molar-refractivity contribution in [3.05, 3.63) is 60.8 Å². The van der Waals surface area contributed by atoms with Crippen LogP contribution in [0.5, 0.6) is 5.75 Å². The van der Waals surface area contributed by atoms with Gasteiger partial charge in [-0.2, -0.15) is 4.98 Å². The molecule has 0 amide bonds. The van der Waals surface area contributed by atoms with Crippen molar-refractivity contribution in [2.24, 2.45) is 0 Å². The maximum Gasteiger partial charge on any atom is 0.229 e. The average molecular weight is 392 g/mol. The Morgan fingerprint density at radius 2 is 1.66 bits per heavy atom. The monoisotopic (exact) mass is 391 g/mol. The molecule has 0 fully saturated rings. The zero-order valence-corrected chi connectivity index (χ0v) is 17.5. The molecule has 0 aliphatic heterocycles. The largest absolute Gasteiger partial charge is 0.489 e. The van der Waals surface area contributed by atoms with Crippen LogP contribution < -0.4 is 20.3 Å². The van der Waals surface area contributed by atoms with Crippen LogP contribution in [0.25, 0.3) is 0 Å². The van der Waals surface area contributed by atoms with Gasteiger partial charge in [-0.15, -0.1) is 0 Å². The molecule has 0 aliphatic carbocycles. The molecule has 6 heteroatoms. The molecular weight excluding hydrogens is 362 g/mol. The summed E-state index contributed by atoms with van der Waals surface area (Å²) < 4.78 is 5.87. The first kappa shape index (κ1) is 20.5. The summed E-state index contributed by atoms with van der Waals surface area (Å²) in [4.78, 5) is 11.2. The Hall–Kier alpha value is -3.28. The Morgan fingerprint density at radius 3 is 2.34 bits per heavy atom. The number of hydrogen-bond donors (Lipinski definition) is 2. The maximum atomic E-state index is 5.87. The Morgan fingerprint density at radius 1 is 0.931 bits per heavy atom. The minimum absolute atomic E-state index is 0.0971. The van der Waals surface area contributed by atoms with Gasteiger partial charge in [0.25, 0.3) is 0 Å². The van der Waals surface area contributed by atoms with Crippen molar-refractivity contribution in [1.82, 2.24) is 9.97 Å². The van der Waals surface area contributed by atoms with Crippen LogP contribution in [0.1, 0.15) is 27.7 Å². The predicted molar refractivity (Wildman–Crippen MR) is 121 cm³/mol. The van der Waals surface area contributed by atoms with Crippen molar-refractivity contribution < 1.29 is 4.74 Å². The van der Waals surface area contributed by atoms with Crippen LogP contribution in [0.4, 0.5) is 28.8 Å². The summed E-state index contributed by atoms with van der Waals surface area (Å²) in [5.41, 5.74) is 3.02. The molecule has 0 saturated carbocycles. The molecule has 3 rings (SSSR count). The molecule has 0 bridgehead atoms. The second kappa shape index (κ2) is 9.78. The summed E-state index contributed by atoms with van der Waals surface area (Å²) in [5, 5.41) is 6.59. The van der Waals surface area contributed by atoms with Crippen LogP contribution >= 0.6 is 0 Å². The van der Waals surface area contributed by atoms with E-state index in [9.17, 15) is 0 Å². The summed E-state index contributed by atoms with van der Waals surface area (Å²) in [7, 11) is 0. The maximum absolute atomic E-state index is 5.87. The Labute approximate surface area is 173 Å². The first-order chi connectivity index (χ1) is 14.1. The molecule has 0 spiro atoms. The number of aromatic nitrogens is 2. The summed E-state index contributed by atoms with van der Waals surface area (Å²) in [5.74, 6) is 2.03. The lowest BCUT2D eigenvalue weighted by Gasteiger charge is -2.21. The van der Waals surface area contributed by atoms with Gasteiger partial charge < -0.3 is 20.3 Å². The molecule has 29 heavy (non-hydrogen) atoms. The molecule has 0 radical (unpaired) electrons. The normalized spacial score (nSPS) is 10.7. The zero-order chi connectivity index (χ0) is 20.6. The van der Waals surface area contributed by atoms with Crippen molar-refractivity contribution in [3.8, 4) is 5.75 Å².